The molecule has 6 heteroatoms. The van der Waals surface area contributed by atoms with Crippen molar-refractivity contribution in [3.63, 3.8) is 0 Å². The Morgan fingerprint density at radius 2 is 1.73 bits per heavy atom. The first-order chi connectivity index (χ1) is 14.4. The van der Waals surface area contributed by atoms with Crippen LogP contribution in [-0.4, -0.2) is 17.7 Å². The number of fused-ring (bicyclic) bond motifs is 5. The van der Waals surface area contributed by atoms with Gasteiger partial charge in [-0.2, -0.15) is 0 Å². The zero-order valence-corrected chi connectivity index (χ0v) is 17.4. The quantitative estimate of drug-likeness (QED) is 0.582. The minimum Gasteiger partial charge on any atom is -0.322 e. The Kier molecular flexibility index (Phi) is 4.33. The van der Waals surface area contributed by atoms with Crippen LogP contribution in [0, 0.1) is 30.6 Å². The summed E-state index contributed by atoms with van der Waals surface area (Å²) in [5, 5.41) is 3.44. The van der Waals surface area contributed by atoms with Crippen LogP contribution in [-0.2, 0) is 9.59 Å². The van der Waals surface area contributed by atoms with Gasteiger partial charge in [0.15, 0.2) is 0 Å². The lowest BCUT2D eigenvalue weighted by molar-refractivity contribution is -0.123. The van der Waals surface area contributed by atoms with Gasteiger partial charge in [0.1, 0.15) is 0 Å². The van der Waals surface area contributed by atoms with Crippen LogP contribution in [0.2, 0.25) is 5.02 Å². The van der Waals surface area contributed by atoms with Crippen LogP contribution >= 0.6 is 11.6 Å². The summed E-state index contributed by atoms with van der Waals surface area (Å²) in [5.74, 6) is -0.619. The normalized spacial score (nSPS) is 26.8. The van der Waals surface area contributed by atoms with Gasteiger partial charge in [0.25, 0.3) is 5.91 Å². The number of hydrogen-bond donors (Lipinski definition) is 1. The molecule has 2 aromatic rings. The summed E-state index contributed by atoms with van der Waals surface area (Å²) < 4.78 is 0. The number of carbonyl (C=O) groups excluding carboxylic acids is 3. The maximum atomic E-state index is 13.0. The summed E-state index contributed by atoms with van der Waals surface area (Å²) in [6, 6.07) is 11.9. The molecule has 2 bridgehead atoms. The van der Waals surface area contributed by atoms with Crippen molar-refractivity contribution in [1.29, 1.82) is 0 Å². The summed E-state index contributed by atoms with van der Waals surface area (Å²) in [6.45, 7) is 3.89. The third kappa shape index (κ3) is 2.72. The summed E-state index contributed by atoms with van der Waals surface area (Å²) in [4.78, 5) is 40.0. The van der Waals surface area contributed by atoms with Gasteiger partial charge < -0.3 is 5.32 Å². The van der Waals surface area contributed by atoms with E-state index in [4.69, 9.17) is 11.6 Å². The number of anilines is 2. The molecule has 0 spiro atoms. The van der Waals surface area contributed by atoms with E-state index in [0.29, 0.717) is 22.0 Å². The van der Waals surface area contributed by atoms with Crippen LogP contribution in [0.1, 0.15) is 29.3 Å². The van der Waals surface area contributed by atoms with Gasteiger partial charge in [0.05, 0.1) is 17.5 Å². The van der Waals surface area contributed by atoms with Crippen LogP contribution in [0.25, 0.3) is 0 Å². The molecule has 0 radical (unpaired) electrons. The molecule has 2 fully saturated rings. The van der Waals surface area contributed by atoms with Crippen molar-refractivity contribution in [2.75, 3.05) is 10.2 Å². The molecule has 1 aliphatic heterocycles. The molecule has 1 saturated carbocycles. The van der Waals surface area contributed by atoms with Gasteiger partial charge in [-0.25, -0.2) is 0 Å². The summed E-state index contributed by atoms with van der Waals surface area (Å²) in [7, 11) is 0. The van der Waals surface area contributed by atoms with Gasteiger partial charge in [-0.3, -0.25) is 19.3 Å². The summed E-state index contributed by atoms with van der Waals surface area (Å²) in [5.41, 5.74) is 3.63. The van der Waals surface area contributed by atoms with Crippen LogP contribution < -0.4 is 10.2 Å². The van der Waals surface area contributed by atoms with Gasteiger partial charge in [0, 0.05) is 16.3 Å². The standard InChI is InChI=1S/C24H21ClN2O3/c1-12-10-15-11-17(12)21-20(15)23(29)27(24(21)30)16-8-6-14(7-9-16)22(28)26-19-5-3-4-18(25)13(19)2/h3-10,15,17,20-21H,11H2,1-2H3,(H,26,28)/t15-,17+,20+,21-/m0/s1. The largest absolute Gasteiger partial charge is 0.322 e. The van der Waals surface area contributed by atoms with Crippen LogP contribution in [0.4, 0.5) is 11.4 Å². The molecule has 2 aliphatic carbocycles. The van der Waals surface area contributed by atoms with E-state index in [1.54, 1.807) is 42.5 Å². The topological polar surface area (TPSA) is 66.5 Å². The molecule has 5 nitrogen and oxygen atoms in total. The monoisotopic (exact) mass is 420 g/mol. The molecule has 0 unspecified atom stereocenters. The van der Waals surface area contributed by atoms with Crippen LogP contribution in [0.15, 0.2) is 54.1 Å². The second-order valence-corrected chi connectivity index (χ2v) is 8.80. The van der Waals surface area contributed by atoms with Gasteiger partial charge in [0.2, 0.25) is 11.8 Å². The van der Waals surface area contributed by atoms with Crippen molar-refractivity contribution in [3.8, 4) is 0 Å². The third-order valence-electron chi connectivity index (χ3n) is 6.78. The Labute approximate surface area is 179 Å². The lowest BCUT2D eigenvalue weighted by Crippen LogP contribution is -2.33. The van der Waals surface area contributed by atoms with Crippen LogP contribution in [0.3, 0.4) is 0 Å². The summed E-state index contributed by atoms with van der Waals surface area (Å²) >= 11 is 6.11. The van der Waals surface area contributed by atoms with E-state index in [0.717, 1.165) is 12.0 Å². The predicted molar refractivity (Wildman–Crippen MR) is 115 cm³/mol. The van der Waals surface area contributed by atoms with E-state index >= 15 is 0 Å². The average molecular weight is 421 g/mol. The number of nitrogens with one attached hydrogen (secondary N) is 1. The minimum atomic E-state index is -0.277. The molecule has 1 saturated heterocycles. The SMILES string of the molecule is CC1=C[C@H]2C[C@H]1[C@@H]1C(=O)N(c3ccc(C(=O)Nc4cccc(Cl)c4C)cc3)C(=O)[C@@H]12. The molecule has 1 heterocycles. The predicted octanol–water partition coefficient (Wildman–Crippen LogP) is 4.60. The average Bonchev–Trinajstić information content (AvgIpc) is 3.36. The number of halogens is 1. The number of carbonyl (C=O) groups is 3. The number of rotatable bonds is 3. The smallest absolute Gasteiger partial charge is 0.255 e. The van der Waals surface area contributed by atoms with Crippen molar-refractivity contribution in [1.82, 2.24) is 0 Å². The second-order valence-electron chi connectivity index (χ2n) is 8.39. The molecule has 1 N–H and O–H groups in total. The molecule has 3 amide bonds. The second kappa shape index (κ2) is 6.81. The van der Waals surface area contributed by atoms with Gasteiger partial charge in [-0.05, 0) is 74.1 Å². The molecular weight excluding hydrogens is 400 g/mol. The highest BCUT2D eigenvalue weighted by Gasteiger charge is 2.60. The first-order valence-corrected chi connectivity index (χ1v) is 10.5. The highest BCUT2D eigenvalue weighted by Crippen LogP contribution is 2.55. The fourth-order valence-corrected chi connectivity index (χ4v) is 5.40. The number of benzene rings is 2. The lowest BCUT2D eigenvalue weighted by Gasteiger charge is -2.19. The van der Waals surface area contributed by atoms with Crippen molar-refractivity contribution in [2.24, 2.45) is 23.7 Å². The van der Waals surface area contributed by atoms with E-state index in [9.17, 15) is 14.4 Å². The van der Waals surface area contributed by atoms with E-state index in [1.807, 2.05) is 6.92 Å². The molecular formula is C24H21ClN2O3. The van der Waals surface area contributed by atoms with E-state index in [1.165, 1.54) is 10.5 Å². The molecule has 3 aliphatic rings. The van der Waals surface area contributed by atoms with Crippen LogP contribution in [0.5, 0.6) is 0 Å². The third-order valence-corrected chi connectivity index (χ3v) is 7.19. The molecule has 4 atom stereocenters. The fourth-order valence-electron chi connectivity index (χ4n) is 5.23. The first kappa shape index (κ1) is 19.1. The zero-order chi connectivity index (χ0) is 21.2. The maximum Gasteiger partial charge on any atom is 0.255 e. The minimum absolute atomic E-state index is 0.114. The van der Waals surface area contributed by atoms with Crippen molar-refractivity contribution in [2.45, 2.75) is 20.3 Å². The fraction of sp³-hybridized carbons (Fsp3) is 0.292. The van der Waals surface area contributed by atoms with Gasteiger partial charge >= 0.3 is 0 Å². The maximum absolute atomic E-state index is 13.0. The van der Waals surface area contributed by atoms with Crippen molar-refractivity contribution >= 4 is 40.7 Å². The first-order valence-electron chi connectivity index (χ1n) is 10.1. The number of nitrogens with zero attached hydrogens (tertiary/aromatic N) is 1. The number of hydrogen-bond acceptors (Lipinski definition) is 3. The van der Waals surface area contributed by atoms with E-state index in [2.05, 4.69) is 18.3 Å². The van der Waals surface area contributed by atoms with E-state index in [-0.39, 0.29) is 41.4 Å². The molecule has 2 aromatic carbocycles. The number of amides is 3. The molecule has 5 rings (SSSR count). The molecule has 152 valence electrons. The Bertz CT molecular complexity index is 1120. The van der Waals surface area contributed by atoms with Crippen molar-refractivity contribution in [3.05, 3.63) is 70.3 Å². The van der Waals surface area contributed by atoms with E-state index < -0.39 is 0 Å². The Morgan fingerprint density at radius 1 is 1.03 bits per heavy atom. The zero-order valence-electron chi connectivity index (χ0n) is 16.7. The highest BCUT2D eigenvalue weighted by molar-refractivity contribution is 6.31. The molecule has 30 heavy (non-hydrogen) atoms. The Morgan fingerprint density at radius 3 is 2.47 bits per heavy atom. The van der Waals surface area contributed by atoms with Gasteiger partial charge in [-0.15, -0.1) is 0 Å². The summed E-state index contributed by atoms with van der Waals surface area (Å²) in [6.07, 6.45) is 3.07. The van der Waals surface area contributed by atoms with Crippen molar-refractivity contribution < 1.29 is 14.4 Å². The lowest BCUT2D eigenvalue weighted by atomic mass is 9.82. The Balaban J connectivity index is 1.36. The highest BCUT2D eigenvalue weighted by atomic mass is 35.5. The number of imide groups is 1. The van der Waals surface area contributed by atoms with Gasteiger partial charge in [-0.1, -0.05) is 29.3 Å². The Hall–Kier alpha value is -2.92. The number of allylic oxidation sites excluding steroid dienone is 2. The molecule has 0 aromatic heterocycles.